The van der Waals surface area contributed by atoms with Crippen molar-refractivity contribution < 1.29 is 4.74 Å². The Kier molecular flexibility index (Phi) is 4.57. The zero-order chi connectivity index (χ0) is 12.1. The van der Waals surface area contributed by atoms with E-state index in [0.717, 1.165) is 31.9 Å². The molecule has 0 radical (unpaired) electrons. The first-order valence-corrected chi connectivity index (χ1v) is 6.65. The fourth-order valence-corrected chi connectivity index (χ4v) is 2.29. The predicted molar refractivity (Wildman–Crippen MR) is 67.8 cm³/mol. The van der Waals surface area contributed by atoms with Gasteiger partial charge in [-0.25, -0.2) is 4.98 Å². The second kappa shape index (κ2) is 6.17. The molecule has 4 heteroatoms. The van der Waals surface area contributed by atoms with Gasteiger partial charge in [0.2, 0.25) is 0 Å². The van der Waals surface area contributed by atoms with Gasteiger partial charge in [-0.05, 0) is 32.7 Å². The van der Waals surface area contributed by atoms with Crippen LogP contribution in [0.5, 0.6) is 0 Å². The molecule has 1 aromatic rings. The predicted octanol–water partition coefficient (Wildman–Crippen LogP) is 1.95. The smallest absolute Gasteiger partial charge is 0.122 e. The Balaban J connectivity index is 1.85. The van der Waals surface area contributed by atoms with Crippen LogP contribution in [0.15, 0.2) is 12.4 Å². The van der Waals surface area contributed by atoms with Crippen LogP contribution in [0.2, 0.25) is 0 Å². The van der Waals surface area contributed by atoms with E-state index < -0.39 is 0 Å². The second-order valence-electron chi connectivity index (χ2n) is 4.82. The van der Waals surface area contributed by atoms with Gasteiger partial charge in [0, 0.05) is 12.4 Å². The van der Waals surface area contributed by atoms with Crippen LogP contribution in [-0.2, 0) is 17.8 Å². The minimum Gasteiger partial charge on any atom is -0.373 e. The molecule has 1 aliphatic rings. The number of nitrogens with zero attached hydrogens (tertiary/aromatic N) is 2. The molecule has 0 amide bonds. The average Bonchev–Trinajstić information content (AvgIpc) is 2.90. The SMILES string of the molecule is CCCNCc1nccn1CC1CCC(C)O1. The molecule has 96 valence electrons. The summed E-state index contributed by atoms with van der Waals surface area (Å²) in [4.78, 5) is 4.39. The maximum absolute atomic E-state index is 5.85. The van der Waals surface area contributed by atoms with Gasteiger partial charge in [-0.1, -0.05) is 6.92 Å². The Labute approximate surface area is 103 Å². The van der Waals surface area contributed by atoms with Gasteiger partial charge < -0.3 is 14.6 Å². The summed E-state index contributed by atoms with van der Waals surface area (Å²) in [6.45, 7) is 7.16. The summed E-state index contributed by atoms with van der Waals surface area (Å²) in [6.07, 6.45) is 8.22. The number of nitrogens with one attached hydrogen (secondary N) is 1. The van der Waals surface area contributed by atoms with Gasteiger partial charge in [0.25, 0.3) is 0 Å². The van der Waals surface area contributed by atoms with Gasteiger partial charge in [0.05, 0.1) is 25.3 Å². The number of ether oxygens (including phenoxy) is 1. The zero-order valence-electron chi connectivity index (χ0n) is 10.9. The summed E-state index contributed by atoms with van der Waals surface area (Å²) >= 11 is 0. The van der Waals surface area contributed by atoms with Gasteiger partial charge in [0.15, 0.2) is 0 Å². The standard InChI is InChI=1S/C13H23N3O/c1-3-6-14-9-13-15-7-8-16(13)10-12-5-4-11(2)17-12/h7-8,11-12,14H,3-6,9-10H2,1-2H3. The maximum Gasteiger partial charge on any atom is 0.122 e. The quantitative estimate of drug-likeness (QED) is 0.769. The molecule has 0 aliphatic carbocycles. The molecule has 0 saturated carbocycles. The van der Waals surface area contributed by atoms with Crippen molar-refractivity contribution in [2.24, 2.45) is 0 Å². The van der Waals surface area contributed by atoms with E-state index in [1.807, 2.05) is 6.20 Å². The van der Waals surface area contributed by atoms with Gasteiger partial charge in [-0.15, -0.1) is 0 Å². The van der Waals surface area contributed by atoms with E-state index in [0.29, 0.717) is 12.2 Å². The number of rotatable bonds is 6. The minimum atomic E-state index is 0.365. The van der Waals surface area contributed by atoms with E-state index in [2.05, 4.69) is 34.9 Å². The molecular formula is C13H23N3O. The lowest BCUT2D eigenvalue weighted by Gasteiger charge is -2.14. The summed E-state index contributed by atoms with van der Waals surface area (Å²) in [6, 6.07) is 0. The normalized spacial score (nSPS) is 24.4. The summed E-state index contributed by atoms with van der Waals surface area (Å²) in [5.41, 5.74) is 0. The topological polar surface area (TPSA) is 39.1 Å². The highest BCUT2D eigenvalue weighted by molar-refractivity contribution is 4.93. The fraction of sp³-hybridized carbons (Fsp3) is 0.769. The molecule has 1 fully saturated rings. The summed E-state index contributed by atoms with van der Waals surface area (Å²) in [5.74, 6) is 1.11. The van der Waals surface area contributed by atoms with Crippen molar-refractivity contribution in [3.05, 3.63) is 18.2 Å². The van der Waals surface area contributed by atoms with Gasteiger partial charge in [-0.3, -0.25) is 0 Å². The van der Waals surface area contributed by atoms with E-state index in [9.17, 15) is 0 Å². The van der Waals surface area contributed by atoms with Crippen LogP contribution < -0.4 is 5.32 Å². The third kappa shape index (κ3) is 3.54. The van der Waals surface area contributed by atoms with Crippen molar-refractivity contribution in [3.63, 3.8) is 0 Å². The number of hydrogen-bond acceptors (Lipinski definition) is 3. The number of aromatic nitrogens is 2. The molecule has 2 atom stereocenters. The van der Waals surface area contributed by atoms with Crippen LogP contribution in [0.25, 0.3) is 0 Å². The lowest BCUT2D eigenvalue weighted by Crippen LogP contribution is -2.21. The van der Waals surface area contributed by atoms with Crippen LogP contribution in [0.3, 0.4) is 0 Å². The molecule has 4 nitrogen and oxygen atoms in total. The van der Waals surface area contributed by atoms with Crippen molar-refractivity contribution in [1.29, 1.82) is 0 Å². The van der Waals surface area contributed by atoms with Gasteiger partial charge in [0.1, 0.15) is 5.82 Å². The van der Waals surface area contributed by atoms with E-state index in [1.165, 1.54) is 12.8 Å². The third-order valence-electron chi connectivity index (χ3n) is 3.23. The Morgan fingerprint density at radius 2 is 2.41 bits per heavy atom. The molecule has 2 rings (SSSR count). The number of imidazole rings is 1. The number of hydrogen-bond donors (Lipinski definition) is 1. The third-order valence-corrected chi connectivity index (χ3v) is 3.23. The van der Waals surface area contributed by atoms with E-state index in [1.54, 1.807) is 0 Å². The van der Waals surface area contributed by atoms with Crippen molar-refractivity contribution in [2.75, 3.05) is 6.54 Å². The Bertz CT molecular complexity index is 337. The van der Waals surface area contributed by atoms with Crippen molar-refractivity contribution in [3.8, 4) is 0 Å². The highest BCUT2D eigenvalue weighted by atomic mass is 16.5. The van der Waals surface area contributed by atoms with Crippen LogP contribution >= 0.6 is 0 Å². The molecular weight excluding hydrogens is 214 g/mol. The Morgan fingerprint density at radius 3 is 3.12 bits per heavy atom. The van der Waals surface area contributed by atoms with Crippen molar-refractivity contribution in [1.82, 2.24) is 14.9 Å². The maximum atomic E-state index is 5.85. The molecule has 1 aliphatic heterocycles. The summed E-state index contributed by atoms with van der Waals surface area (Å²) < 4.78 is 8.06. The zero-order valence-corrected chi connectivity index (χ0v) is 10.9. The highest BCUT2D eigenvalue weighted by Crippen LogP contribution is 2.20. The molecule has 1 aromatic heterocycles. The lowest BCUT2D eigenvalue weighted by atomic mass is 10.2. The first-order chi connectivity index (χ1) is 8.29. The molecule has 1 N–H and O–H groups in total. The Hall–Kier alpha value is -0.870. The van der Waals surface area contributed by atoms with E-state index in [4.69, 9.17) is 4.74 Å². The summed E-state index contributed by atoms with van der Waals surface area (Å²) in [7, 11) is 0. The molecule has 2 heterocycles. The lowest BCUT2D eigenvalue weighted by molar-refractivity contribution is 0.0452. The first kappa shape index (κ1) is 12.6. The summed E-state index contributed by atoms with van der Waals surface area (Å²) in [5, 5.41) is 3.39. The monoisotopic (exact) mass is 237 g/mol. The first-order valence-electron chi connectivity index (χ1n) is 6.65. The minimum absolute atomic E-state index is 0.365. The van der Waals surface area contributed by atoms with Crippen molar-refractivity contribution >= 4 is 0 Å². The molecule has 0 spiro atoms. The van der Waals surface area contributed by atoms with Crippen molar-refractivity contribution in [2.45, 2.75) is 58.4 Å². The van der Waals surface area contributed by atoms with Crippen LogP contribution in [0, 0.1) is 0 Å². The van der Waals surface area contributed by atoms with Crippen LogP contribution in [-0.4, -0.2) is 28.3 Å². The van der Waals surface area contributed by atoms with E-state index >= 15 is 0 Å². The van der Waals surface area contributed by atoms with Crippen LogP contribution in [0.1, 0.15) is 38.9 Å². The average molecular weight is 237 g/mol. The molecule has 0 aromatic carbocycles. The van der Waals surface area contributed by atoms with E-state index in [-0.39, 0.29) is 0 Å². The molecule has 0 bridgehead atoms. The fourth-order valence-electron chi connectivity index (χ4n) is 2.29. The molecule has 1 saturated heterocycles. The van der Waals surface area contributed by atoms with Gasteiger partial charge in [-0.2, -0.15) is 0 Å². The molecule has 2 unspecified atom stereocenters. The van der Waals surface area contributed by atoms with Gasteiger partial charge >= 0.3 is 0 Å². The molecule has 17 heavy (non-hydrogen) atoms. The largest absolute Gasteiger partial charge is 0.373 e. The Morgan fingerprint density at radius 1 is 1.53 bits per heavy atom. The second-order valence-corrected chi connectivity index (χ2v) is 4.82. The highest BCUT2D eigenvalue weighted by Gasteiger charge is 2.22. The van der Waals surface area contributed by atoms with Crippen LogP contribution in [0.4, 0.5) is 0 Å².